The van der Waals surface area contributed by atoms with Gasteiger partial charge in [-0.1, -0.05) is 39.8 Å². The number of hydrogen-bond acceptors (Lipinski definition) is 12. The fraction of sp³-hybridized carbons (Fsp3) is 0.513. The molecule has 0 saturated carbocycles. The van der Waals surface area contributed by atoms with E-state index in [0.717, 1.165) is 66.4 Å². The van der Waals surface area contributed by atoms with Crippen molar-refractivity contribution < 1.29 is 97.5 Å². The molecule has 0 saturated heterocycles. The number of rotatable bonds is 30. The molecule has 4 aromatic carbocycles. The fourth-order valence-electron chi connectivity index (χ4n) is 13.2. The number of esters is 2. The number of ether oxygens (including phenoxy) is 2. The summed E-state index contributed by atoms with van der Waals surface area (Å²) in [5, 5.41) is 13.0. The van der Waals surface area contributed by atoms with Gasteiger partial charge in [-0.3, -0.25) is 28.8 Å². The number of carbonyl (C=O) groups excluding carboxylic acids is 4. The predicted octanol–water partition coefficient (Wildman–Crippen LogP) is 13.6. The van der Waals surface area contributed by atoms with Gasteiger partial charge in [-0.05, 0) is 269 Å². The van der Waals surface area contributed by atoms with Crippen molar-refractivity contribution in [3.8, 4) is 22.3 Å². The normalized spacial score (nSPS) is 12.6. The van der Waals surface area contributed by atoms with Crippen LogP contribution in [-0.2, 0) is 53.8 Å². The minimum Gasteiger partial charge on any atom is -0.727 e. The van der Waals surface area contributed by atoms with E-state index in [1.54, 1.807) is 33.2 Å². The molecule has 1 N–H and O–H groups in total. The van der Waals surface area contributed by atoms with Gasteiger partial charge in [0.1, 0.15) is 17.5 Å². The maximum absolute atomic E-state index is 16.8. The van der Waals surface area contributed by atoms with Crippen molar-refractivity contribution in [1.82, 2.24) is 18.9 Å². The van der Waals surface area contributed by atoms with E-state index in [9.17, 15) is 55.1 Å². The van der Waals surface area contributed by atoms with Crippen molar-refractivity contribution in [2.24, 2.45) is 11.8 Å². The summed E-state index contributed by atoms with van der Waals surface area (Å²) in [4.78, 5) is 85.2. The van der Waals surface area contributed by atoms with Gasteiger partial charge in [-0.2, -0.15) is 53.3 Å². The smallest absolute Gasteiger partial charge is 0.727 e. The number of aryl methyl sites for hydroxylation is 8. The van der Waals surface area contributed by atoms with Crippen LogP contribution in [0.5, 0.6) is 0 Å². The number of alkyl halides is 6. The van der Waals surface area contributed by atoms with Crippen LogP contribution in [0.1, 0.15) is 195 Å². The second-order valence-electron chi connectivity index (χ2n) is 27.6. The van der Waals surface area contributed by atoms with Crippen LogP contribution in [0.2, 0.25) is 0 Å². The molecule has 26 heteroatoms. The summed E-state index contributed by atoms with van der Waals surface area (Å²) in [7, 11) is 7.89. The average Bonchev–Trinajstić information content (AvgIpc) is 0.765. The second-order valence-corrected chi connectivity index (χ2v) is 27.6. The Balaban J connectivity index is 0.000000988. The van der Waals surface area contributed by atoms with E-state index in [1.165, 1.54) is 80.2 Å². The fourth-order valence-corrected chi connectivity index (χ4v) is 13.2. The van der Waals surface area contributed by atoms with Crippen LogP contribution in [0.3, 0.4) is 0 Å². The Labute approximate surface area is 632 Å². The molecule has 0 aliphatic carbocycles. The Morgan fingerprint density at radius 3 is 1.30 bits per heavy atom. The molecule has 4 atom stereocenters. The molecule has 0 bridgehead atoms. The van der Waals surface area contributed by atoms with E-state index in [4.69, 9.17) is 20.0 Å². The van der Waals surface area contributed by atoms with E-state index in [-0.39, 0.29) is 140 Å². The van der Waals surface area contributed by atoms with Crippen LogP contribution >= 0.6 is 27.0 Å². The number of pyridine rings is 2. The first-order valence-electron chi connectivity index (χ1n) is 34.0. The number of ketones is 2. The molecule has 0 radical (unpaired) electrons. The van der Waals surface area contributed by atoms with Gasteiger partial charge in [0.2, 0.25) is 0 Å². The van der Waals surface area contributed by atoms with Crippen LogP contribution in [0.4, 0.5) is 39.5 Å². The predicted molar refractivity (Wildman–Crippen MR) is 394 cm³/mol. The van der Waals surface area contributed by atoms with Crippen molar-refractivity contribution in [1.29, 1.82) is 0 Å². The number of hydrogen-bond donors (Lipinski definition) is 1. The molecule has 6 rings (SSSR count). The molecule has 0 spiro atoms. The van der Waals surface area contributed by atoms with Gasteiger partial charge < -0.3 is 38.9 Å². The van der Waals surface area contributed by atoms with Crippen LogP contribution < -0.4 is 35.2 Å². The number of benzene rings is 4. The molecule has 6 aromatic rings. The van der Waals surface area contributed by atoms with Crippen LogP contribution in [0, 0.1) is 84.7 Å². The first-order valence-corrected chi connectivity index (χ1v) is 34.0. The third-order valence-corrected chi connectivity index (χ3v) is 18.1. The molecule has 0 fully saturated rings. The van der Waals surface area contributed by atoms with Crippen LogP contribution in [-0.4, -0.2) is 102 Å². The molecule has 14 nitrogen and oxygen atoms in total. The molecule has 0 aliphatic rings. The van der Waals surface area contributed by atoms with Crippen molar-refractivity contribution >= 4 is 50.5 Å². The Morgan fingerprint density at radius 1 is 0.519 bits per heavy atom. The van der Waals surface area contributed by atoms with Gasteiger partial charge in [-0.15, -0.1) is 0 Å². The van der Waals surface area contributed by atoms with Crippen molar-refractivity contribution in [2.45, 2.75) is 197 Å². The summed E-state index contributed by atoms with van der Waals surface area (Å²) in [6.45, 7) is 25.0. The largest absolute Gasteiger partial charge is 1.00 e. The topological polar surface area (TPSA) is 181 Å². The summed E-state index contributed by atoms with van der Waals surface area (Å²) >= 11 is 0. The first-order chi connectivity index (χ1) is 47.1. The maximum atomic E-state index is 16.8. The molecule has 2 aromatic heterocycles. The standard InChI is InChI=1S/C39H49F5N2O4.C39H50F4N2O4.Li.H2O2.2H2S/c1-10-50-34(49)20-28(19-32(47)31(16-22(2)3)46-21-27(12-11-15-45(8)9)24(5)18-33(46)48)36-37(40)25(6)17-29(38(36)41)35-23(4)13-14-30(26(35)7)39(42,43)44;1-10-49-36(48)21-29(31-19-30(17-26(6)38(31)40)37-24(4)13-14-32(27(37)7)39(41,42)43)20-34(46)33(16-23(2)3)45-22-28(12-11-15-44(8)9)25(5)18-35(45)47;;1-2;;/h13-14,17-18,21-22,28,31H,10-12,15-16,19-20H2,1-9H3;13-14,17-19,22-23,29,33H,10-12,15-16,20-21H2,1-9H3;;1-2H;2*1H2/q;;+1;;;/p-1/t28-,31?;29-,33?;;;;/m00..../s1. The SMILES string of the molecule is CCOC(=O)C[C@H](CC(=O)C(CC(C)C)n1cc(CCCN(C)C)c(C)cc1=O)c1c(F)c(C)cc(-c2c(C)ccc(C(F)(F)F)c2C)c1F.CCOC(=O)C[C@H](CC(=O)C(CC(C)C)n1cc(CCCN(C)C)c(C)cc1=O)c1cc(-c2c(C)ccc(C(F)(F)F)c2C)cc(C)c1F.S.S.[Li+].[O-]O. The zero-order valence-corrected chi connectivity index (χ0v) is 65.5. The minimum absolute atomic E-state index is 0. The Hall–Kier alpha value is -6.43. The zero-order valence-electron chi connectivity index (χ0n) is 63.5. The Morgan fingerprint density at radius 2 is 0.904 bits per heavy atom. The summed E-state index contributed by atoms with van der Waals surface area (Å²) in [6, 6.07) is 9.80. The molecular weight excluding hydrogens is 1390 g/mol. The number of Topliss-reactive ketones (excluding diaryl/α,β-unsaturated/α-hetero) is 2. The maximum Gasteiger partial charge on any atom is 1.00 e. The summed E-state index contributed by atoms with van der Waals surface area (Å²) in [5.74, 6) is -7.49. The van der Waals surface area contributed by atoms with Gasteiger partial charge >= 0.3 is 43.2 Å². The third kappa shape index (κ3) is 25.9. The average molecular weight is 1500 g/mol. The van der Waals surface area contributed by atoms with Gasteiger partial charge in [0.25, 0.3) is 11.1 Å². The van der Waals surface area contributed by atoms with E-state index in [2.05, 4.69) is 4.90 Å². The quantitative estimate of drug-likeness (QED) is 0.0148. The molecule has 0 aliphatic heterocycles. The van der Waals surface area contributed by atoms with Gasteiger partial charge in [0, 0.05) is 60.3 Å². The Bertz CT molecular complexity index is 4010. The third-order valence-electron chi connectivity index (χ3n) is 18.1. The minimum atomic E-state index is -4.72. The number of halogens is 9. The molecule has 572 valence electrons. The molecule has 2 heterocycles. The van der Waals surface area contributed by atoms with Crippen molar-refractivity contribution in [3.05, 3.63) is 183 Å². The first kappa shape index (κ1) is 95.6. The molecular formula is C78H104F9LiN4O10S2. The Kier molecular flexibility index (Phi) is 39.3. The van der Waals surface area contributed by atoms with Crippen molar-refractivity contribution in [3.63, 3.8) is 0 Å². The zero-order chi connectivity index (χ0) is 76.5. The van der Waals surface area contributed by atoms with Crippen molar-refractivity contribution in [2.75, 3.05) is 54.5 Å². The van der Waals surface area contributed by atoms with E-state index in [1.807, 2.05) is 74.6 Å². The number of nitrogens with zero attached hydrogens (tertiary/aromatic N) is 4. The van der Waals surface area contributed by atoms with Crippen LogP contribution in [0.25, 0.3) is 22.3 Å². The van der Waals surface area contributed by atoms with E-state index >= 15 is 13.2 Å². The summed E-state index contributed by atoms with van der Waals surface area (Å²) in [5.41, 5.74) is 1.57. The second kappa shape index (κ2) is 42.8. The molecule has 0 amide bonds. The number of aromatic nitrogens is 2. The van der Waals surface area contributed by atoms with Gasteiger partial charge in [-0.25, -0.2) is 13.2 Å². The van der Waals surface area contributed by atoms with Gasteiger partial charge in [0.05, 0.1) is 49.3 Å². The van der Waals surface area contributed by atoms with E-state index < -0.39 is 107 Å². The molecule has 104 heavy (non-hydrogen) atoms. The van der Waals surface area contributed by atoms with Crippen LogP contribution in [0.15, 0.2) is 76.6 Å². The molecule has 2 unspecified atom stereocenters. The number of carbonyl (C=O) groups is 4. The summed E-state index contributed by atoms with van der Waals surface area (Å²) < 4.78 is 145. The van der Waals surface area contributed by atoms with Gasteiger partial charge in [0.15, 0.2) is 11.6 Å². The monoisotopic (exact) mass is 1500 g/mol. The summed E-state index contributed by atoms with van der Waals surface area (Å²) in [6.07, 6.45) is -3.93. The van der Waals surface area contributed by atoms with E-state index in [0.29, 0.717) is 41.5 Å².